The second kappa shape index (κ2) is 5.87. The standard InChI is InChI=1S/C11H15F2N5O/c1-8(3-4-19-11(12)13)18-6-9(5-15-18)10-14-7-16-17(10)2/h5-8,11H,3-4H2,1-2H3/t8-/m0/s1. The molecule has 0 aliphatic heterocycles. The number of aromatic nitrogens is 5. The number of ether oxygens (including phenoxy) is 1. The monoisotopic (exact) mass is 271 g/mol. The Morgan fingerprint density at radius 3 is 2.79 bits per heavy atom. The van der Waals surface area contributed by atoms with E-state index < -0.39 is 6.61 Å². The summed E-state index contributed by atoms with van der Waals surface area (Å²) in [7, 11) is 1.79. The van der Waals surface area contributed by atoms with Gasteiger partial charge < -0.3 is 4.74 Å². The molecule has 0 bridgehead atoms. The molecule has 0 N–H and O–H groups in total. The van der Waals surface area contributed by atoms with Crippen LogP contribution >= 0.6 is 0 Å². The summed E-state index contributed by atoms with van der Waals surface area (Å²) in [5.74, 6) is 0.710. The minimum Gasteiger partial charge on any atom is -0.323 e. The predicted octanol–water partition coefficient (Wildman–Crippen LogP) is 1.87. The fraction of sp³-hybridized carbons (Fsp3) is 0.545. The summed E-state index contributed by atoms with van der Waals surface area (Å²) < 4.78 is 31.3. The Kier molecular flexibility index (Phi) is 4.20. The second-order valence-corrected chi connectivity index (χ2v) is 4.19. The maximum absolute atomic E-state index is 11.9. The van der Waals surface area contributed by atoms with Gasteiger partial charge >= 0.3 is 6.61 Å². The molecule has 8 heteroatoms. The molecule has 2 heterocycles. The predicted molar refractivity (Wildman–Crippen MR) is 63.5 cm³/mol. The Bertz CT molecular complexity index is 525. The Hall–Kier alpha value is -1.83. The third-order valence-electron chi connectivity index (χ3n) is 2.80. The van der Waals surface area contributed by atoms with Crippen LogP contribution in [0, 0.1) is 0 Å². The lowest BCUT2D eigenvalue weighted by Crippen LogP contribution is -2.10. The molecule has 19 heavy (non-hydrogen) atoms. The van der Waals surface area contributed by atoms with Crippen molar-refractivity contribution in [1.82, 2.24) is 24.5 Å². The van der Waals surface area contributed by atoms with Crippen LogP contribution in [-0.2, 0) is 11.8 Å². The molecule has 0 aromatic carbocycles. The van der Waals surface area contributed by atoms with E-state index >= 15 is 0 Å². The van der Waals surface area contributed by atoms with Gasteiger partial charge in [-0.3, -0.25) is 4.68 Å². The van der Waals surface area contributed by atoms with E-state index in [1.165, 1.54) is 6.33 Å². The van der Waals surface area contributed by atoms with Crippen molar-refractivity contribution in [3.8, 4) is 11.4 Å². The van der Waals surface area contributed by atoms with Crippen LogP contribution in [0.1, 0.15) is 19.4 Å². The van der Waals surface area contributed by atoms with Crippen molar-refractivity contribution in [3.05, 3.63) is 18.7 Å². The summed E-state index contributed by atoms with van der Waals surface area (Å²) in [5.41, 5.74) is 0.835. The normalized spacial score (nSPS) is 13.1. The third-order valence-corrected chi connectivity index (χ3v) is 2.80. The first-order chi connectivity index (χ1) is 9.08. The van der Waals surface area contributed by atoms with E-state index in [1.54, 1.807) is 22.6 Å². The first-order valence-corrected chi connectivity index (χ1v) is 5.86. The van der Waals surface area contributed by atoms with E-state index in [1.807, 2.05) is 13.1 Å². The van der Waals surface area contributed by atoms with Crippen LogP contribution in [-0.4, -0.2) is 37.8 Å². The highest BCUT2D eigenvalue weighted by Crippen LogP contribution is 2.18. The van der Waals surface area contributed by atoms with E-state index in [0.29, 0.717) is 12.2 Å². The van der Waals surface area contributed by atoms with Crippen LogP contribution in [0.15, 0.2) is 18.7 Å². The van der Waals surface area contributed by atoms with Gasteiger partial charge in [-0.15, -0.1) is 0 Å². The molecule has 0 radical (unpaired) electrons. The Morgan fingerprint density at radius 2 is 2.16 bits per heavy atom. The van der Waals surface area contributed by atoms with E-state index in [-0.39, 0.29) is 12.6 Å². The van der Waals surface area contributed by atoms with Gasteiger partial charge in [0.15, 0.2) is 5.82 Å². The Morgan fingerprint density at radius 1 is 1.37 bits per heavy atom. The fourth-order valence-electron chi connectivity index (χ4n) is 1.71. The lowest BCUT2D eigenvalue weighted by atomic mass is 10.2. The maximum Gasteiger partial charge on any atom is 0.345 e. The zero-order chi connectivity index (χ0) is 13.8. The zero-order valence-electron chi connectivity index (χ0n) is 10.7. The topological polar surface area (TPSA) is 57.8 Å². The minimum absolute atomic E-state index is 0.00200. The lowest BCUT2D eigenvalue weighted by molar-refractivity contribution is -0.130. The van der Waals surface area contributed by atoms with Gasteiger partial charge in [-0.25, -0.2) is 9.67 Å². The molecule has 104 valence electrons. The largest absolute Gasteiger partial charge is 0.345 e. The summed E-state index contributed by atoms with van der Waals surface area (Å²) in [6.45, 7) is -0.834. The molecule has 2 aromatic rings. The SMILES string of the molecule is C[C@@H](CCOC(F)F)n1cc(-c2ncnn2C)cn1. The number of alkyl halides is 2. The molecule has 0 aliphatic rings. The Balaban J connectivity index is 1.99. The van der Waals surface area contributed by atoms with Crippen molar-refractivity contribution < 1.29 is 13.5 Å². The van der Waals surface area contributed by atoms with Crippen LogP contribution in [0.4, 0.5) is 8.78 Å². The van der Waals surface area contributed by atoms with Gasteiger partial charge in [0.25, 0.3) is 0 Å². The van der Waals surface area contributed by atoms with Crippen molar-refractivity contribution >= 4 is 0 Å². The molecule has 2 aromatic heterocycles. The highest BCUT2D eigenvalue weighted by atomic mass is 19.3. The summed E-state index contributed by atoms with van der Waals surface area (Å²) in [6, 6.07) is -0.0271. The third kappa shape index (κ3) is 3.34. The number of nitrogens with zero attached hydrogens (tertiary/aromatic N) is 5. The fourth-order valence-corrected chi connectivity index (χ4v) is 1.71. The molecule has 6 nitrogen and oxygen atoms in total. The molecule has 0 unspecified atom stereocenters. The highest BCUT2D eigenvalue weighted by molar-refractivity contribution is 5.51. The van der Waals surface area contributed by atoms with E-state index in [0.717, 1.165) is 5.56 Å². The van der Waals surface area contributed by atoms with E-state index in [2.05, 4.69) is 19.9 Å². The van der Waals surface area contributed by atoms with Crippen molar-refractivity contribution in [1.29, 1.82) is 0 Å². The smallest absolute Gasteiger partial charge is 0.323 e. The highest BCUT2D eigenvalue weighted by Gasteiger charge is 2.12. The van der Waals surface area contributed by atoms with Crippen LogP contribution in [0.25, 0.3) is 11.4 Å². The van der Waals surface area contributed by atoms with Crippen LogP contribution < -0.4 is 0 Å². The number of halogens is 2. The number of rotatable bonds is 6. The average Bonchev–Trinajstić information content (AvgIpc) is 2.96. The van der Waals surface area contributed by atoms with Crippen molar-refractivity contribution in [2.45, 2.75) is 26.0 Å². The average molecular weight is 271 g/mol. The quantitative estimate of drug-likeness (QED) is 0.804. The summed E-state index contributed by atoms with van der Waals surface area (Å²) >= 11 is 0. The summed E-state index contributed by atoms with van der Waals surface area (Å²) in [5, 5.41) is 8.18. The van der Waals surface area contributed by atoms with Crippen LogP contribution in [0.3, 0.4) is 0 Å². The molecular formula is C11H15F2N5O. The molecule has 2 rings (SSSR count). The van der Waals surface area contributed by atoms with E-state index in [9.17, 15) is 8.78 Å². The van der Waals surface area contributed by atoms with Crippen LogP contribution in [0.2, 0.25) is 0 Å². The van der Waals surface area contributed by atoms with Gasteiger partial charge in [0.05, 0.1) is 24.4 Å². The lowest BCUT2D eigenvalue weighted by Gasteiger charge is -2.11. The Labute approximate surface area is 109 Å². The van der Waals surface area contributed by atoms with Gasteiger partial charge in [0.2, 0.25) is 0 Å². The summed E-state index contributed by atoms with van der Waals surface area (Å²) in [4.78, 5) is 4.12. The van der Waals surface area contributed by atoms with Gasteiger partial charge in [-0.1, -0.05) is 0 Å². The minimum atomic E-state index is -2.72. The van der Waals surface area contributed by atoms with Gasteiger partial charge in [-0.2, -0.15) is 19.0 Å². The van der Waals surface area contributed by atoms with Crippen molar-refractivity contribution in [3.63, 3.8) is 0 Å². The van der Waals surface area contributed by atoms with Crippen molar-refractivity contribution in [2.24, 2.45) is 7.05 Å². The van der Waals surface area contributed by atoms with Gasteiger partial charge in [0, 0.05) is 13.2 Å². The van der Waals surface area contributed by atoms with Gasteiger partial charge in [-0.05, 0) is 13.3 Å². The molecule has 0 amide bonds. The molecule has 0 saturated heterocycles. The second-order valence-electron chi connectivity index (χ2n) is 4.19. The number of hydrogen-bond acceptors (Lipinski definition) is 4. The zero-order valence-corrected chi connectivity index (χ0v) is 10.7. The molecule has 0 aliphatic carbocycles. The van der Waals surface area contributed by atoms with Gasteiger partial charge in [0.1, 0.15) is 6.33 Å². The molecule has 1 atom stereocenters. The maximum atomic E-state index is 11.9. The first kappa shape index (κ1) is 13.6. The van der Waals surface area contributed by atoms with E-state index in [4.69, 9.17) is 0 Å². The molecule has 0 saturated carbocycles. The number of hydrogen-bond donors (Lipinski definition) is 0. The summed E-state index contributed by atoms with van der Waals surface area (Å²) in [6.07, 6.45) is 5.42. The first-order valence-electron chi connectivity index (χ1n) is 5.86. The molecule has 0 spiro atoms. The van der Waals surface area contributed by atoms with Crippen LogP contribution in [0.5, 0.6) is 0 Å². The van der Waals surface area contributed by atoms with Crippen molar-refractivity contribution in [2.75, 3.05) is 6.61 Å². The number of aryl methyl sites for hydroxylation is 1. The molecular weight excluding hydrogens is 256 g/mol. The molecule has 0 fully saturated rings.